The molecule has 0 spiro atoms. The van der Waals surface area contributed by atoms with Crippen LogP contribution >= 0.6 is 23.2 Å². The van der Waals surface area contributed by atoms with E-state index in [1.54, 1.807) is 17.0 Å². The van der Waals surface area contributed by atoms with Gasteiger partial charge in [-0.25, -0.2) is 0 Å². The molecule has 130 valence electrons. The predicted octanol–water partition coefficient (Wildman–Crippen LogP) is 3.92. The third-order valence-electron chi connectivity index (χ3n) is 4.99. The van der Waals surface area contributed by atoms with Gasteiger partial charge in [0.05, 0.1) is 0 Å². The number of nitrogens with zero attached hydrogens (tertiary/aromatic N) is 2. The molecule has 2 fully saturated rings. The van der Waals surface area contributed by atoms with Crippen molar-refractivity contribution in [1.82, 2.24) is 9.80 Å². The molecule has 4 nitrogen and oxygen atoms in total. The number of amides is 2. The van der Waals surface area contributed by atoms with Crippen LogP contribution in [0, 0.1) is 6.92 Å². The lowest BCUT2D eigenvalue weighted by Crippen LogP contribution is -2.49. The van der Waals surface area contributed by atoms with Gasteiger partial charge < -0.3 is 9.80 Å². The molecule has 2 heterocycles. The number of piperidine rings is 1. The number of carbonyl (C=O) groups is 2. The summed E-state index contributed by atoms with van der Waals surface area (Å²) in [5.74, 6) is -0.0727. The van der Waals surface area contributed by atoms with E-state index in [-0.39, 0.29) is 17.9 Å². The number of hydrogen-bond donors (Lipinski definition) is 0. The number of halogens is 2. The maximum absolute atomic E-state index is 12.9. The molecule has 2 aliphatic heterocycles. The van der Waals surface area contributed by atoms with E-state index in [0.717, 1.165) is 44.3 Å². The first kappa shape index (κ1) is 17.6. The smallest absolute Gasteiger partial charge is 0.254 e. The highest BCUT2D eigenvalue weighted by atomic mass is 35.5. The average molecular weight is 369 g/mol. The summed E-state index contributed by atoms with van der Waals surface area (Å²) in [4.78, 5) is 29.3. The molecule has 24 heavy (non-hydrogen) atoms. The van der Waals surface area contributed by atoms with Gasteiger partial charge in [-0.15, -0.1) is 0 Å². The van der Waals surface area contributed by atoms with Crippen LogP contribution in [-0.4, -0.2) is 47.3 Å². The van der Waals surface area contributed by atoms with Crippen LogP contribution in [0.25, 0.3) is 0 Å². The lowest BCUT2D eigenvalue weighted by atomic mass is 10.1. The molecule has 3 rings (SSSR count). The Balaban J connectivity index is 1.79. The van der Waals surface area contributed by atoms with Crippen LogP contribution in [0.4, 0.5) is 0 Å². The molecule has 0 radical (unpaired) electrons. The van der Waals surface area contributed by atoms with Crippen LogP contribution < -0.4 is 0 Å². The monoisotopic (exact) mass is 368 g/mol. The number of hydrogen-bond acceptors (Lipinski definition) is 2. The fourth-order valence-corrected chi connectivity index (χ4v) is 4.01. The largest absolute Gasteiger partial charge is 0.341 e. The maximum Gasteiger partial charge on any atom is 0.254 e. The zero-order valence-electron chi connectivity index (χ0n) is 13.9. The fraction of sp³-hybridized carbons (Fsp3) is 0.556. The van der Waals surface area contributed by atoms with Crippen molar-refractivity contribution in [3.8, 4) is 0 Å². The van der Waals surface area contributed by atoms with Crippen molar-refractivity contribution >= 4 is 35.0 Å². The highest BCUT2D eigenvalue weighted by molar-refractivity contribution is 6.36. The van der Waals surface area contributed by atoms with Gasteiger partial charge in [0.15, 0.2) is 0 Å². The summed E-state index contributed by atoms with van der Waals surface area (Å²) >= 11 is 12.3. The van der Waals surface area contributed by atoms with Crippen LogP contribution in [0.2, 0.25) is 10.0 Å². The van der Waals surface area contributed by atoms with E-state index >= 15 is 0 Å². The van der Waals surface area contributed by atoms with Crippen molar-refractivity contribution in [3.63, 3.8) is 0 Å². The second-order valence-corrected chi connectivity index (χ2v) is 7.42. The van der Waals surface area contributed by atoms with E-state index in [4.69, 9.17) is 23.2 Å². The molecular formula is C18H22Cl2N2O2. The summed E-state index contributed by atoms with van der Waals surface area (Å²) in [7, 11) is 0. The van der Waals surface area contributed by atoms with Gasteiger partial charge in [-0.2, -0.15) is 0 Å². The third-order valence-corrected chi connectivity index (χ3v) is 5.78. The maximum atomic E-state index is 12.9. The van der Waals surface area contributed by atoms with Gasteiger partial charge in [-0.1, -0.05) is 23.2 Å². The van der Waals surface area contributed by atoms with Crippen molar-refractivity contribution in [2.24, 2.45) is 0 Å². The fourth-order valence-electron chi connectivity index (χ4n) is 3.53. The van der Waals surface area contributed by atoms with E-state index in [1.807, 2.05) is 11.8 Å². The number of benzene rings is 1. The Morgan fingerprint density at radius 3 is 2.25 bits per heavy atom. The molecule has 0 aromatic heterocycles. The number of likely N-dealkylation sites (tertiary alicyclic amines) is 2. The van der Waals surface area contributed by atoms with Gasteiger partial charge in [-0.3, -0.25) is 9.59 Å². The van der Waals surface area contributed by atoms with Crippen molar-refractivity contribution in [2.75, 3.05) is 19.6 Å². The first-order chi connectivity index (χ1) is 11.5. The Hall–Kier alpha value is -1.26. The molecule has 6 heteroatoms. The SMILES string of the molecule is Cc1c(Cl)cc(C(=O)N2CCCC2C(=O)N2CCCCC2)cc1Cl. The van der Waals surface area contributed by atoms with E-state index in [2.05, 4.69) is 0 Å². The van der Waals surface area contributed by atoms with Crippen LogP contribution in [-0.2, 0) is 4.79 Å². The summed E-state index contributed by atoms with van der Waals surface area (Å²) in [6.45, 7) is 4.03. The minimum absolute atomic E-state index is 0.0878. The molecular weight excluding hydrogens is 347 g/mol. The van der Waals surface area contributed by atoms with E-state index < -0.39 is 0 Å². The summed E-state index contributed by atoms with van der Waals surface area (Å²) in [5.41, 5.74) is 1.21. The Kier molecular flexibility index (Phi) is 5.36. The minimum atomic E-state index is -0.352. The van der Waals surface area contributed by atoms with Crippen LogP contribution in [0.3, 0.4) is 0 Å². The number of carbonyl (C=O) groups excluding carboxylic acids is 2. The normalized spacial score (nSPS) is 21.2. The molecule has 1 unspecified atom stereocenters. The second kappa shape index (κ2) is 7.32. The molecule has 2 amide bonds. The first-order valence-corrected chi connectivity index (χ1v) is 9.30. The van der Waals surface area contributed by atoms with Crippen molar-refractivity contribution in [1.29, 1.82) is 0 Å². The zero-order valence-corrected chi connectivity index (χ0v) is 15.4. The van der Waals surface area contributed by atoms with Crippen molar-refractivity contribution in [3.05, 3.63) is 33.3 Å². The van der Waals surface area contributed by atoms with Crippen LogP contribution in [0.1, 0.15) is 48.0 Å². The number of rotatable bonds is 2. The Morgan fingerprint density at radius 2 is 1.62 bits per heavy atom. The lowest BCUT2D eigenvalue weighted by molar-refractivity contribution is -0.136. The van der Waals surface area contributed by atoms with Gasteiger partial charge in [0, 0.05) is 35.2 Å². The molecule has 0 bridgehead atoms. The van der Waals surface area contributed by atoms with Gasteiger partial charge in [0.1, 0.15) is 6.04 Å². The molecule has 2 aliphatic rings. The quantitative estimate of drug-likeness (QED) is 0.793. The van der Waals surface area contributed by atoms with Gasteiger partial charge in [0.2, 0.25) is 5.91 Å². The second-order valence-electron chi connectivity index (χ2n) is 6.61. The van der Waals surface area contributed by atoms with E-state index in [9.17, 15) is 9.59 Å². The predicted molar refractivity (Wildman–Crippen MR) is 95.7 cm³/mol. The Bertz CT molecular complexity index is 633. The van der Waals surface area contributed by atoms with Crippen LogP contribution in [0.5, 0.6) is 0 Å². The standard InChI is InChI=1S/C18H22Cl2N2O2/c1-12-14(19)10-13(11-15(12)20)17(23)22-9-5-6-16(22)18(24)21-7-3-2-4-8-21/h10-11,16H,2-9H2,1H3. The highest BCUT2D eigenvalue weighted by Gasteiger charge is 2.37. The summed E-state index contributed by atoms with van der Waals surface area (Å²) in [5, 5.41) is 0.952. The summed E-state index contributed by atoms with van der Waals surface area (Å²) < 4.78 is 0. The minimum Gasteiger partial charge on any atom is -0.341 e. The molecule has 1 aromatic carbocycles. The lowest BCUT2D eigenvalue weighted by Gasteiger charge is -2.32. The van der Waals surface area contributed by atoms with E-state index in [0.29, 0.717) is 22.2 Å². The molecule has 1 atom stereocenters. The van der Waals surface area contributed by atoms with Crippen molar-refractivity contribution < 1.29 is 9.59 Å². The van der Waals surface area contributed by atoms with Crippen molar-refractivity contribution in [2.45, 2.75) is 45.1 Å². The molecule has 0 saturated carbocycles. The average Bonchev–Trinajstić information content (AvgIpc) is 3.08. The van der Waals surface area contributed by atoms with Gasteiger partial charge in [-0.05, 0) is 56.7 Å². The zero-order chi connectivity index (χ0) is 17.3. The summed E-state index contributed by atoms with van der Waals surface area (Å²) in [6, 6.07) is 2.94. The topological polar surface area (TPSA) is 40.6 Å². The summed E-state index contributed by atoms with van der Waals surface area (Å²) in [6.07, 6.45) is 4.86. The highest BCUT2D eigenvalue weighted by Crippen LogP contribution is 2.29. The molecule has 1 aromatic rings. The molecule has 0 aliphatic carbocycles. The van der Waals surface area contributed by atoms with Gasteiger partial charge in [0.25, 0.3) is 5.91 Å². The Labute approximate surface area is 152 Å². The van der Waals surface area contributed by atoms with Crippen LogP contribution in [0.15, 0.2) is 12.1 Å². The first-order valence-electron chi connectivity index (χ1n) is 8.54. The molecule has 2 saturated heterocycles. The Morgan fingerprint density at radius 1 is 1.00 bits per heavy atom. The third kappa shape index (κ3) is 3.40. The van der Waals surface area contributed by atoms with Gasteiger partial charge >= 0.3 is 0 Å². The van der Waals surface area contributed by atoms with E-state index in [1.165, 1.54) is 6.42 Å². The molecule has 0 N–H and O–H groups in total.